The minimum atomic E-state index is 0. The summed E-state index contributed by atoms with van der Waals surface area (Å²) in [5.41, 5.74) is 5.16. The zero-order chi connectivity index (χ0) is 23.9. The minimum absolute atomic E-state index is 0. The zero-order valence-electron chi connectivity index (χ0n) is 19.4. The number of pyridine rings is 2. The van der Waals surface area contributed by atoms with Crippen molar-refractivity contribution in [3.8, 4) is 22.6 Å². The summed E-state index contributed by atoms with van der Waals surface area (Å²) in [4.78, 5) is 25.9. The first-order chi connectivity index (χ1) is 17.9. The normalized spacial score (nSPS) is 11.0. The maximum Gasteiger partial charge on any atom is 2.00 e. The van der Waals surface area contributed by atoms with Crippen molar-refractivity contribution in [2.24, 2.45) is 0 Å². The van der Waals surface area contributed by atoms with Crippen LogP contribution in [0.15, 0.2) is 98.0 Å². The molecule has 0 bridgehead atoms. The second-order valence-corrected chi connectivity index (χ2v) is 10.2. The number of hydrogen-bond donors (Lipinski definition) is 0. The molecule has 8 rings (SSSR count). The SMILES string of the molecule is [Zn+2].c1cnc2c(c1)sc1cccc(-c3cnc[n-]3)c12.c1cnc2c(c1)sc1cccc(-c3ncc[n-]3)c12. The summed E-state index contributed by atoms with van der Waals surface area (Å²) in [6.45, 7) is 0. The van der Waals surface area contributed by atoms with Crippen LogP contribution in [0.1, 0.15) is 0 Å². The van der Waals surface area contributed by atoms with E-state index in [9.17, 15) is 0 Å². The predicted molar refractivity (Wildman–Crippen MR) is 147 cm³/mol. The third-order valence-electron chi connectivity index (χ3n) is 5.94. The molecule has 8 aromatic rings. The first kappa shape index (κ1) is 23.6. The number of hydrogen-bond acceptors (Lipinski definition) is 6. The van der Waals surface area contributed by atoms with Crippen molar-refractivity contribution in [2.45, 2.75) is 0 Å². The van der Waals surface area contributed by atoms with Gasteiger partial charge in [-0.1, -0.05) is 55.0 Å². The summed E-state index contributed by atoms with van der Waals surface area (Å²) in [6.07, 6.45) is 10.5. The molecule has 0 N–H and O–H groups in total. The second kappa shape index (κ2) is 9.94. The zero-order valence-corrected chi connectivity index (χ0v) is 24.0. The Labute approximate surface area is 232 Å². The number of fused-ring (bicyclic) bond motifs is 6. The van der Waals surface area contributed by atoms with Crippen LogP contribution < -0.4 is 9.97 Å². The van der Waals surface area contributed by atoms with E-state index in [1.54, 1.807) is 47.6 Å². The van der Waals surface area contributed by atoms with Crippen molar-refractivity contribution in [1.82, 2.24) is 29.9 Å². The van der Waals surface area contributed by atoms with Crippen LogP contribution in [0.2, 0.25) is 0 Å². The Morgan fingerprint density at radius 3 is 1.81 bits per heavy atom. The third-order valence-corrected chi connectivity index (χ3v) is 8.16. The van der Waals surface area contributed by atoms with E-state index in [4.69, 9.17) is 0 Å². The van der Waals surface area contributed by atoms with Gasteiger partial charge in [-0.15, -0.1) is 22.7 Å². The number of nitrogens with zero attached hydrogens (tertiary/aromatic N) is 6. The van der Waals surface area contributed by atoms with Gasteiger partial charge >= 0.3 is 19.5 Å². The topological polar surface area (TPSA) is 79.8 Å². The number of thiophene rings is 2. The second-order valence-electron chi connectivity index (χ2n) is 8.05. The molecule has 6 nitrogen and oxygen atoms in total. The van der Waals surface area contributed by atoms with Gasteiger partial charge in [-0.25, -0.2) is 0 Å². The first-order valence-electron chi connectivity index (χ1n) is 11.3. The van der Waals surface area contributed by atoms with Gasteiger partial charge in [0.15, 0.2) is 0 Å². The maximum absolute atomic E-state index is 4.50. The van der Waals surface area contributed by atoms with Crippen LogP contribution in [0.5, 0.6) is 0 Å². The maximum atomic E-state index is 4.50. The van der Waals surface area contributed by atoms with E-state index in [-0.39, 0.29) is 19.5 Å². The predicted octanol–water partition coefficient (Wildman–Crippen LogP) is 6.93. The molecule has 6 heterocycles. The number of benzene rings is 2. The largest absolute Gasteiger partial charge is 2.00 e. The van der Waals surface area contributed by atoms with Gasteiger partial charge in [0.2, 0.25) is 0 Å². The van der Waals surface area contributed by atoms with Gasteiger partial charge in [0.1, 0.15) is 0 Å². The fraction of sp³-hybridized carbons (Fsp3) is 0. The molecule has 0 fully saturated rings. The van der Waals surface area contributed by atoms with Crippen molar-refractivity contribution >= 4 is 63.3 Å². The Morgan fingerprint density at radius 2 is 1.22 bits per heavy atom. The Kier molecular flexibility index (Phi) is 6.34. The van der Waals surface area contributed by atoms with Crippen molar-refractivity contribution in [3.63, 3.8) is 0 Å². The van der Waals surface area contributed by atoms with Crippen LogP contribution in [-0.4, -0.2) is 19.9 Å². The average Bonchev–Trinajstić information content (AvgIpc) is 3.73. The molecule has 0 atom stereocenters. The van der Waals surface area contributed by atoms with Gasteiger partial charge < -0.3 is 19.9 Å². The Balaban J connectivity index is 0.000000133. The third kappa shape index (κ3) is 4.15. The van der Waals surface area contributed by atoms with Crippen molar-refractivity contribution in [1.29, 1.82) is 0 Å². The number of imidazole rings is 2. The van der Waals surface area contributed by atoms with Gasteiger partial charge in [0, 0.05) is 32.6 Å². The molecule has 37 heavy (non-hydrogen) atoms. The fourth-order valence-corrected chi connectivity index (χ4v) is 6.61. The van der Waals surface area contributed by atoms with E-state index in [2.05, 4.69) is 72.4 Å². The molecule has 6 aromatic heterocycles. The molecule has 9 heteroatoms. The van der Waals surface area contributed by atoms with Gasteiger partial charge in [0.25, 0.3) is 0 Å². The van der Waals surface area contributed by atoms with E-state index < -0.39 is 0 Å². The molecule has 0 aliphatic heterocycles. The first-order valence-corrected chi connectivity index (χ1v) is 12.9. The fourth-order valence-electron chi connectivity index (χ4n) is 4.43. The molecule has 0 aliphatic carbocycles. The molecular weight excluding hydrogens is 550 g/mol. The van der Waals surface area contributed by atoms with Crippen molar-refractivity contribution in [2.75, 3.05) is 0 Å². The molecule has 0 spiro atoms. The minimum Gasteiger partial charge on any atom is -0.449 e. The molecule has 0 saturated carbocycles. The van der Waals surface area contributed by atoms with Crippen molar-refractivity contribution < 1.29 is 19.5 Å². The molecule has 0 saturated heterocycles. The monoisotopic (exact) mass is 564 g/mol. The van der Waals surface area contributed by atoms with Gasteiger partial charge in [-0.2, -0.15) is 0 Å². The number of aromatic nitrogens is 6. The summed E-state index contributed by atoms with van der Waals surface area (Å²) < 4.78 is 4.88. The molecule has 0 unspecified atom stereocenters. The Bertz CT molecular complexity index is 1810. The van der Waals surface area contributed by atoms with Crippen LogP contribution in [-0.2, 0) is 19.5 Å². The smallest absolute Gasteiger partial charge is 0.449 e. The van der Waals surface area contributed by atoms with Crippen LogP contribution >= 0.6 is 22.7 Å². The van der Waals surface area contributed by atoms with E-state index >= 15 is 0 Å². The van der Waals surface area contributed by atoms with Crippen LogP contribution in [0.4, 0.5) is 0 Å². The Hall–Kier alpha value is -3.78. The van der Waals surface area contributed by atoms with Gasteiger partial charge in [-0.05, 0) is 53.2 Å². The molecule has 172 valence electrons. The molecular formula is C28H16N6S2Zn. The standard InChI is InChI=1S/2C14H8N3S.Zn/c1-3-9(10-7-15-8-17-10)13-11(4-1)18-12-5-2-6-16-14(12)13;1-3-9(14-16-7-8-17-14)12-10(4-1)18-11-5-2-6-15-13(11)12;/h2*1-8H;/q2*-1;+2. The van der Waals surface area contributed by atoms with Gasteiger partial charge in [0.05, 0.1) is 20.4 Å². The summed E-state index contributed by atoms with van der Waals surface area (Å²) >= 11 is 3.52. The van der Waals surface area contributed by atoms with Gasteiger partial charge in [-0.3, -0.25) is 9.97 Å². The molecule has 0 aliphatic rings. The number of rotatable bonds is 2. The summed E-state index contributed by atoms with van der Waals surface area (Å²) in [6, 6.07) is 20.6. The van der Waals surface area contributed by atoms with Crippen LogP contribution in [0.25, 0.3) is 63.3 Å². The summed E-state index contributed by atoms with van der Waals surface area (Å²) in [7, 11) is 0. The van der Waals surface area contributed by atoms with Crippen LogP contribution in [0, 0.1) is 0 Å². The molecule has 2 aromatic carbocycles. The van der Waals surface area contributed by atoms with E-state index in [0.29, 0.717) is 0 Å². The Morgan fingerprint density at radius 1 is 0.595 bits per heavy atom. The average molecular weight is 566 g/mol. The van der Waals surface area contributed by atoms with Crippen LogP contribution in [0.3, 0.4) is 0 Å². The summed E-state index contributed by atoms with van der Waals surface area (Å²) in [5.74, 6) is 0.769. The molecule has 0 radical (unpaired) electrons. The summed E-state index contributed by atoms with van der Waals surface area (Å²) in [5, 5.41) is 2.34. The van der Waals surface area contributed by atoms with E-state index in [1.807, 2.05) is 30.6 Å². The van der Waals surface area contributed by atoms with E-state index in [0.717, 1.165) is 39.1 Å². The molecule has 0 amide bonds. The van der Waals surface area contributed by atoms with Crippen molar-refractivity contribution in [3.05, 3.63) is 98.0 Å². The quantitative estimate of drug-likeness (QED) is 0.211. The van der Waals surface area contributed by atoms with E-state index in [1.165, 1.54) is 24.2 Å².